The van der Waals surface area contributed by atoms with Crippen molar-refractivity contribution in [2.24, 2.45) is 5.41 Å². The van der Waals surface area contributed by atoms with Gasteiger partial charge in [-0.2, -0.15) is 0 Å². The molecule has 0 aromatic heterocycles. The number of piperazine rings is 1. The van der Waals surface area contributed by atoms with Crippen LogP contribution < -0.4 is 0 Å². The Hall–Kier alpha value is -1.87. The molecule has 4 rings (SSSR count). The number of morpholine rings is 1. The van der Waals surface area contributed by atoms with Crippen LogP contribution in [-0.4, -0.2) is 99.9 Å². The number of fused-ring (bicyclic) bond motifs is 1. The van der Waals surface area contributed by atoms with Gasteiger partial charge in [-0.25, -0.2) is 4.79 Å². The van der Waals surface area contributed by atoms with Crippen molar-refractivity contribution in [1.29, 1.82) is 0 Å². The minimum absolute atomic E-state index is 0.00124. The van der Waals surface area contributed by atoms with Crippen molar-refractivity contribution in [2.45, 2.75) is 63.3 Å². The summed E-state index contributed by atoms with van der Waals surface area (Å²) in [4.78, 5) is 41.5. The van der Waals surface area contributed by atoms with Gasteiger partial charge in [-0.05, 0) is 38.0 Å². The highest BCUT2D eigenvalue weighted by Crippen LogP contribution is 2.53. The average Bonchev–Trinajstić information content (AvgIpc) is 3.45. The van der Waals surface area contributed by atoms with Gasteiger partial charge >= 0.3 is 6.09 Å². The number of ether oxygens (including phenoxy) is 1. The van der Waals surface area contributed by atoms with Gasteiger partial charge < -0.3 is 24.7 Å². The van der Waals surface area contributed by atoms with E-state index in [0.29, 0.717) is 39.1 Å². The van der Waals surface area contributed by atoms with Crippen LogP contribution in [0.4, 0.5) is 4.79 Å². The molecule has 0 aromatic carbocycles. The molecule has 1 spiro atoms. The predicted molar refractivity (Wildman–Crippen MR) is 97.5 cm³/mol. The number of amides is 3. The van der Waals surface area contributed by atoms with E-state index in [1.54, 1.807) is 16.7 Å². The van der Waals surface area contributed by atoms with Gasteiger partial charge in [0.05, 0.1) is 31.4 Å². The van der Waals surface area contributed by atoms with Crippen molar-refractivity contribution in [3.8, 4) is 0 Å². The molecule has 1 saturated carbocycles. The van der Waals surface area contributed by atoms with E-state index in [1.165, 1.54) is 0 Å². The normalized spacial score (nSPS) is 34.4. The molecular weight excluding hydrogens is 366 g/mol. The number of likely N-dealkylation sites (tertiary alicyclic amines) is 1. The Kier molecular flexibility index (Phi) is 4.99. The van der Waals surface area contributed by atoms with Gasteiger partial charge in [-0.15, -0.1) is 0 Å². The average molecular weight is 395 g/mol. The summed E-state index contributed by atoms with van der Waals surface area (Å²) < 4.78 is 5.62. The molecule has 4 aliphatic rings. The zero-order valence-electron chi connectivity index (χ0n) is 16.2. The predicted octanol–water partition coefficient (Wildman–Crippen LogP) is 0.118. The Morgan fingerprint density at radius 2 is 1.96 bits per heavy atom. The fourth-order valence-corrected chi connectivity index (χ4v) is 4.94. The summed E-state index contributed by atoms with van der Waals surface area (Å²) in [5, 5.41) is 19.6. The fraction of sp³-hybridized carbons (Fsp3) is 0.842. The number of piperidine rings is 1. The smallest absolute Gasteiger partial charge is 0.408 e. The summed E-state index contributed by atoms with van der Waals surface area (Å²) >= 11 is 0. The summed E-state index contributed by atoms with van der Waals surface area (Å²) in [6.45, 7) is 3.59. The summed E-state index contributed by atoms with van der Waals surface area (Å²) in [5.41, 5.74) is 0.0631. The topological polar surface area (TPSA) is 111 Å². The van der Waals surface area contributed by atoms with Crippen molar-refractivity contribution in [1.82, 2.24) is 14.7 Å². The standard InChI is InChI=1S/C19H29N3O6/c1-12-17(25)22-13(10-28-11-14(22)8-21(12)18(26)27)2-3-16(24)20-7-6-19(4-5-19)15(23)9-20/h12-15,23H,2-11H2,1H3,(H,26,27)/t12-,13-,14+,15+/m0/s1. The first-order chi connectivity index (χ1) is 13.3. The zero-order valence-corrected chi connectivity index (χ0v) is 16.2. The molecule has 1 aliphatic carbocycles. The lowest BCUT2D eigenvalue weighted by atomic mass is 9.90. The van der Waals surface area contributed by atoms with Crippen molar-refractivity contribution in [3.05, 3.63) is 0 Å². The molecule has 156 valence electrons. The Morgan fingerprint density at radius 1 is 1.21 bits per heavy atom. The Balaban J connectivity index is 1.35. The van der Waals surface area contributed by atoms with Crippen molar-refractivity contribution in [3.63, 3.8) is 0 Å². The van der Waals surface area contributed by atoms with E-state index in [-0.39, 0.29) is 35.9 Å². The molecule has 9 nitrogen and oxygen atoms in total. The van der Waals surface area contributed by atoms with Gasteiger partial charge in [0.1, 0.15) is 6.04 Å². The molecule has 4 fully saturated rings. The number of carbonyl (C=O) groups excluding carboxylic acids is 2. The second kappa shape index (κ2) is 7.18. The molecule has 3 heterocycles. The van der Waals surface area contributed by atoms with Crippen LogP contribution in [0.5, 0.6) is 0 Å². The van der Waals surface area contributed by atoms with Crippen LogP contribution in [0.1, 0.15) is 39.0 Å². The Morgan fingerprint density at radius 3 is 2.61 bits per heavy atom. The van der Waals surface area contributed by atoms with Crippen LogP contribution in [0.3, 0.4) is 0 Å². The molecular formula is C19H29N3O6. The number of hydrogen-bond donors (Lipinski definition) is 2. The fourth-order valence-electron chi connectivity index (χ4n) is 4.94. The van der Waals surface area contributed by atoms with Crippen LogP contribution in [0, 0.1) is 5.41 Å². The van der Waals surface area contributed by atoms with E-state index in [0.717, 1.165) is 24.2 Å². The summed E-state index contributed by atoms with van der Waals surface area (Å²) in [5.74, 6) is -0.218. The van der Waals surface area contributed by atoms with Crippen molar-refractivity contribution >= 4 is 17.9 Å². The van der Waals surface area contributed by atoms with Gasteiger partial charge in [0, 0.05) is 26.1 Å². The molecule has 3 saturated heterocycles. The number of carboxylic acid groups (broad SMARTS) is 1. The van der Waals surface area contributed by atoms with Crippen LogP contribution in [0.15, 0.2) is 0 Å². The first-order valence-corrected chi connectivity index (χ1v) is 10.2. The molecule has 0 unspecified atom stereocenters. The zero-order chi connectivity index (χ0) is 20.1. The number of aliphatic hydroxyl groups is 1. The first kappa shape index (κ1) is 19.4. The van der Waals surface area contributed by atoms with E-state index in [1.807, 2.05) is 0 Å². The SMILES string of the molecule is C[C@H]1C(=O)N2[C@@H](CCC(=O)N3CCC4(CC4)[C@H](O)C3)COC[C@H]2CN1C(=O)O. The highest BCUT2D eigenvalue weighted by molar-refractivity contribution is 5.87. The highest BCUT2D eigenvalue weighted by atomic mass is 16.5. The minimum atomic E-state index is -1.10. The van der Waals surface area contributed by atoms with Crippen molar-refractivity contribution < 1.29 is 29.3 Å². The van der Waals surface area contributed by atoms with Gasteiger partial charge in [0.2, 0.25) is 11.8 Å². The number of carbonyl (C=O) groups is 3. The van der Waals surface area contributed by atoms with Crippen LogP contribution in [-0.2, 0) is 14.3 Å². The Bertz CT molecular complexity index is 666. The second-order valence-electron chi connectivity index (χ2n) is 8.71. The maximum atomic E-state index is 12.8. The van der Waals surface area contributed by atoms with Gasteiger partial charge in [-0.3, -0.25) is 14.5 Å². The quantitative estimate of drug-likeness (QED) is 0.702. The van der Waals surface area contributed by atoms with E-state index in [4.69, 9.17) is 4.74 Å². The number of aliphatic hydroxyl groups excluding tert-OH is 1. The van der Waals surface area contributed by atoms with Crippen LogP contribution >= 0.6 is 0 Å². The third kappa shape index (κ3) is 3.34. The van der Waals surface area contributed by atoms with Gasteiger partial charge in [0.25, 0.3) is 0 Å². The molecule has 9 heteroatoms. The summed E-state index contributed by atoms with van der Waals surface area (Å²) in [6.07, 6.45) is 2.22. The monoisotopic (exact) mass is 395 g/mol. The summed E-state index contributed by atoms with van der Waals surface area (Å²) in [7, 11) is 0. The van der Waals surface area contributed by atoms with Gasteiger partial charge in [-0.1, -0.05) is 0 Å². The molecule has 3 aliphatic heterocycles. The van der Waals surface area contributed by atoms with E-state index in [2.05, 4.69) is 0 Å². The largest absolute Gasteiger partial charge is 0.465 e. The third-order valence-electron chi connectivity index (χ3n) is 7.06. The number of nitrogens with zero attached hydrogens (tertiary/aromatic N) is 3. The van der Waals surface area contributed by atoms with Gasteiger partial charge in [0.15, 0.2) is 0 Å². The highest BCUT2D eigenvalue weighted by Gasteiger charge is 2.52. The molecule has 2 N–H and O–H groups in total. The number of rotatable bonds is 3. The second-order valence-corrected chi connectivity index (χ2v) is 8.71. The molecule has 28 heavy (non-hydrogen) atoms. The van der Waals surface area contributed by atoms with Crippen LogP contribution in [0.2, 0.25) is 0 Å². The van der Waals surface area contributed by atoms with E-state index in [9.17, 15) is 24.6 Å². The maximum Gasteiger partial charge on any atom is 0.408 e. The Labute approximate surface area is 164 Å². The molecule has 4 atom stereocenters. The van der Waals surface area contributed by atoms with E-state index < -0.39 is 18.2 Å². The van der Waals surface area contributed by atoms with Crippen LogP contribution in [0.25, 0.3) is 0 Å². The third-order valence-corrected chi connectivity index (χ3v) is 7.06. The number of hydrogen-bond acceptors (Lipinski definition) is 5. The first-order valence-electron chi connectivity index (χ1n) is 10.2. The molecule has 0 radical (unpaired) electrons. The lowest BCUT2D eigenvalue weighted by Gasteiger charge is -2.49. The summed E-state index contributed by atoms with van der Waals surface area (Å²) in [6, 6.07) is -1.25. The lowest BCUT2D eigenvalue weighted by molar-refractivity contribution is -0.161. The van der Waals surface area contributed by atoms with Crippen molar-refractivity contribution in [2.75, 3.05) is 32.8 Å². The van der Waals surface area contributed by atoms with E-state index >= 15 is 0 Å². The molecule has 0 bridgehead atoms. The lowest BCUT2D eigenvalue weighted by Crippen LogP contribution is -2.68. The minimum Gasteiger partial charge on any atom is -0.465 e. The molecule has 3 amide bonds. The maximum absolute atomic E-state index is 12.8. The molecule has 0 aromatic rings. The number of β-amino-alcohol motifs (C(OH)–C–C–N with tert-alkyl or cyclic N) is 1.